The largest absolute Gasteiger partial charge is 0.505 e. The second kappa shape index (κ2) is 13.1. The smallest absolute Gasteiger partial charge is 0.311 e. The van der Waals surface area contributed by atoms with Crippen LogP contribution in [0, 0.1) is 10.1 Å². The van der Waals surface area contributed by atoms with Crippen LogP contribution in [0.4, 0.5) is 11.4 Å². The molecule has 0 radical (unpaired) electrons. The number of nitrogen functional groups attached to an aromatic ring is 1. The number of benzene rings is 2. The lowest BCUT2D eigenvalue weighted by Crippen LogP contribution is -2.35. The standard InChI is InChI=1S/C13H18N2O6.C9H8N2OS/c1-3-20-11(21-4-2)8-14-13(17)9-6-5-7-10(12(9)16)15(18)19;10-7-3-1-2-6(8(7)12)9-11-4-5-13-9/h5-7,11,16H,3-4,8H2,1-2H3,(H,14,17);1-5,12H,10H2. The van der Waals surface area contributed by atoms with Crippen LogP contribution in [-0.4, -0.2) is 52.1 Å². The van der Waals surface area contributed by atoms with E-state index < -0.39 is 28.6 Å². The molecule has 1 heterocycles. The minimum Gasteiger partial charge on any atom is -0.505 e. The Morgan fingerprint density at radius 2 is 1.85 bits per heavy atom. The highest BCUT2D eigenvalue weighted by Gasteiger charge is 2.21. The van der Waals surface area contributed by atoms with E-state index in [1.165, 1.54) is 23.5 Å². The van der Waals surface area contributed by atoms with Crippen molar-refractivity contribution in [3.8, 4) is 22.1 Å². The third-order valence-electron chi connectivity index (χ3n) is 4.32. The number of ether oxygens (including phenoxy) is 2. The van der Waals surface area contributed by atoms with Crippen LogP contribution < -0.4 is 11.1 Å². The van der Waals surface area contributed by atoms with Gasteiger partial charge in [0.15, 0.2) is 6.29 Å². The molecule has 1 amide bonds. The van der Waals surface area contributed by atoms with Gasteiger partial charge in [-0.15, -0.1) is 11.3 Å². The number of thiazole rings is 1. The molecule has 2 aromatic carbocycles. The zero-order chi connectivity index (χ0) is 25.1. The Kier molecular flexibility index (Phi) is 10.2. The van der Waals surface area contributed by atoms with Crippen LogP contribution in [-0.2, 0) is 9.47 Å². The number of nitro groups is 1. The molecule has 0 atom stereocenters. The first-order valence-corrected chi connectivity index (χ1v) is 11.1. The molecule has 0 aliphatic rings. The average Bonchev–Trinajstić information content (AvgIpc) is 3.34. The predicted octanol–water partition coefficient (Wildman–Crippen LogP) is 3.53. The molecule has 0 unspecified atom stereocenters. The third kappa shape index (κ3) is 7.13. The van der Waals surface area contributed by atoms with Crippen LogP contribution in [0.2, 0.25) is 0 Å². The molecule has 0 spiro atoms. The van der Waals surface area contributed by atoms with Gasteiger partial charge in [0.05, 0.1) is 28.3 Å². The van der Waals surface area contributed by atoms with Gasteiger partial charge in [-0.05, 0) is 32.0 Å². The molecule has 1 aromatic heterocycles. The number of nitrogens with zero attached hydrogens (tertiary/aromatic N) is 2. The molecule has 182 valence electrons. The van der Waals surface area contributed by atoms with E-state index >= 15 is 0 Å². The van der Waals surface area contributed by atoms with E-state index in [1.807, 2.05) is 5.38 Å². The van der Waals surface area contributed by atoms with Gasteiger partial charge in [-0.1, -0.05) is 12.1 Å². The van der Waals surface area contributed by atoms with Crippen LogP contribution in [0.25, 0.3) is 10.6 Å². The Bertz CT molecular complexity index is 1090. The van der Waals surface area contributed by atoms with Crippen LogP contribution in [0.5, 0.6) is 11.5 Å². The van der Waals surface area contributed by atoms with Gasteiger partial charge in [-0.2, -0.15) is 0 Å². The van der Waals surface area contributed by atoms with Gasteiger partial charge in [-0.3, -0.25) is 14.9 Å². The summed E-state index contributed by atoms with van der Waals surface area (Å²) in [6.07, 6.45) is 1.09. The fourth-order valence-electron chi connectivity index (χ4n) is 2.76. The number of hydrogen-bond acceptors (Lipinski definition) is 10. The van der Waals surface area contributed by atoms with E-state index in [1.54, 1.807) is 38.2 Å². The number of nitro benzene ring substituents is 1. The molecule has 0 fully saturated rings. The molecule has 0 bridgehead atoms. The summed E-state index contributed by atoms with van der Waals surface area (Å²) < 4.78 is 10.5. The molecule has 11 nitrogen and oxygen atoms in total. The van der Waals surface area contributed by atoms with E-state index in [2.05, 4.69) is 10.3 Å². The number of amides is 1. The van der Waals surface area contributed by atoms with Crippen molar-refractivity contribution in [2.24, 2.45) is 0 Å². The summed E-state index contributed by atoms with van der Waals surface area (Å²) in [5.74, 6) is -1.19. The van der Waals surface area contributed by atoms with Crippen molar-refractivity contribution in [2.75, 3.05) is 25.5 Å². The quantitative estimate of drug-likeness (QED) is 0.115. The second-order valence-corrected chi connectivity index (χ2v) is 7.46. The van der Waals surface area contributed by atoms with Gasteiger partial charge in [0.25, 0.3) is 5.91 Å². The number of nitrogens with two attached hydrogens (primary N) is 1. The lowest BCUT2D eigenvalue weighted by atomic mass is 10.1. The Labute approximate surface area is 199 Å². The molecule has 3 rings (SSSR count). The molecule has 3 aromatic rings. The highest BCUT2D eigenvalue weighted by atomic mass is 32.1. The maximum absolute atomic E-state index is 11.9. The summed E-state index contributed by atoms with van der Waals surface area (Å²) in [5, 5.41) is 35.2. The zero-order valence-electron chi connectivity index (χ0n) is 18.6. The number of aromatic nitrogens is 1. The number of anilines is 1. The molecule has 5 N–H and O–H groups in total. The third-order valence-corrected chi connectivity index (χ3v) is 5.13. The first-order valence-electron chi connectivity index (χ1n) is 10.2. The fourth-order valence-corrected chi connectivity index (χ4v) is 3.43. The van der Waals surface area contributed by atoms with Crippen LogP contribution in [0.15, 0.2) is 48.0 Å². The topological polar surface area (TPSA) is 170 Å². The number of nitrogens with one attached hydrogen (secondary N) is 1. The van der Waals surface area contributed by atoms with Crippen molar-refractivity contribution in [1.82, 2.24) is 10.3 Å². The van der Waals surface area contributed by atoms with Crippen molar-refractivity contribution in [1.29, 1.82) is 0 Å². The van der Waals surface area contributed by atoms with Gasteiger partial charge in [0.1, 0.15) is 10.8 Å². The summed E-state index contributed by atoms with van der Waals surface area (Å²) in [4.78, 5) is 26.0. The number of phenols is 2. The van der Waals surface area contributed by atoms with E-state index in [4.69, 9.17) is 15.2 Å². The summed E-state index contributed by atoms with van der Waals surface area (Å²) in [6.45, 7) is 4.49. The molecular formula is C22H26N4O7S. The predicted molar refractivity (Wildman–Crippen MR) is 128 cm³/mol. The van der Waals surface area contributed by atoms with E-state index in [0.717, 1.165) is 11.1 Å². The number of phenolic OH excluding ortho intramolecular Hbond substituents is 2. The Balaban J connectivity index is 0.000000266. The SMILES string of the molecule is CCOC(CNC(=O)c1cccc([N+](=O)[O-])c1O)OCC.Nc1cccc(-c2nccs2)c1O. The van der Waals surface area contributed by atoms with Crippen molar-refractivity contribution >= 4 is 28.6 Å². The minimum absolute atomic E-state index is 0.0721. The van der Waals surface area contributed by atoms with E-state index in [-0.39, 0.29) is 17.9 Å². The van der Waals surface area contributed by atoms with E-state index in [0.29, 0.717) is 24.5 Å². The number of hydrogen-bond donors (Lipinski definition) is 4. The van der Waals surface area contributed by atoms with Gasteiger partial charge < -0.3 is 30.7 Å². The van der Waals surface area contributed by atoms with Gasteiger partial charge >= 0.3 is 5.69 Å². The highest BCUT2D eigenvalue weighted by molar-refractivity contribution is 7.13. The molecular weight excluding hydrogens is 464 g/mol. The van der Waals surface area contributed by atoms with Crippen LogP contribution >= 0.6 is 11.3 Å². The first-order chi connectivity index (χ1) is 16.3. The molecule has 34 heavy (non-hydrogen) atoms. The fraction of sp³-hybridized carbons (Fsp3) is 0.273. The van der Waals surface area contributed by atoms with Gasteiger partial charge in [0.2, 0.25) is 5.75 Å². The second-order valence-electron chi connectivity index (χ2n) is 6.56. The number of rotatable bonds is 9. The van der Waals surface area contributed by atoms with E-state index in [9.17, 15) is 25.1 Å². The van der Waals surface area contributed by atoms with Crippen molar-refractivity contribution in [3.05, 3.63) is 63.7 Å². The Morgan fingerprint density at radius 1 is 1.18 bits per heavy atom. The number of aromatic hydroxyl groups is 2. The maximum Gasteiger partial charge on any atom is 0.311 e. The van der Waals surface area contributed by atoms with Crippen molar-refractivity contribution < 1.29 is 29.4 Å². The normalized spacial score (nSPS) is 10.4. The summed E-state index contributed by atoms with van der Waals surface area (Å²) >= 11 is 1.47. The number of carbonyl (C=O) groups is 1. The average molecular weight is 491 g/mol. The van der Waals surface area contributed by atoms with Crippen LogP contribution in [0.3, 0.4) is 0 Å². The zero-order valence-corrected chi connectivity index (χ0v) is 19.4. The summed E-state index contributed by atoms with van der Waals surface area (Å²) in [6, 6.07) is 9.00. The monoisotopic (exact) mass is 490 g/mol. The van der Waals surface area contributed by atoms with Gasteiger partial charge in [0, 0.05) is 30.9 Å². The lowest BCUT2D eigenvalue weighted by molar-refractivity contribution is -0.385. The van der Waals surface area contributed by atoms with Crippen LogP contribution in [0.1, 0.15) is 24.2 Å². The van der Waals surface area contributed by atoms with Gasteiger partial charge in [-0.25, -0.2) is 4.98 Å². The molecule has 0 aliphatic carbocycles. The Hall–Kier alpha value is -3.74. The Morgan fingerprint density at radius 3 is 2.44 bits per heavy atom. The molecule has 0 saturated carbocycles. The summed E-state index contributed by atoms with van der Waals surface area (Å²) in [7, 11) is 0. The number of carbonyl (C=O) groups excluding carboxylic acids is 1. The van der Waals surface area contributed by atoms with Crippen molar-refractivity contribution in [2.45, 2.75) is 20.1 Å². The molecule has 0 saturated heterocycles. The highest BCUT2D eigenvalue weighted by Crippen LogP contribution is 2.34. The lowest BCUT2D eigenvalue weighted by Gasteiger charge is -2.17. The number of para-hydroxylation sites is 2. The molecule has 0 aliphatic heterocycles. The first kappa shape index (κ1) is 26.5. The minimum atomic E-state index is -0.755. The summed E-state index contributed by atoms with van der Waals surface area (Å²) in [5.41, 5.74) is 5.94. The molecule has 12 heteroatoms. The maximum atomic E-state index is 11.9. The van der Waals surface area contributed by atoms with Crippen molar-refractivity contribution in [3.63, 3.8) is 0 Å².